The van der Waals surface area contributed by atoms with Crippen LogP contribution >= 0.6 is 0 Å². The van der Waals surface area contributed by atoms with Crippen molar-refractivity contribution in [2.75, 3.05) is 0 Å². The van der Waals surface area contributed by atoms with Crippen LogP contribution in [0.25, 0.3) is 11.6 Å². The average molecular weight is 307 g/mol. The quantitative estimate of drug-likeness (QED) is 0.837. The minimum atomic E-state index is -0.590. The molecule has 0 heterocycles. The molecular formula is C19H21NOSi. The van der Waals surface area contributed by atoms with Gasteiger partial charge in [0.15, 0.2) is 0 Å². The molecule has 2 nitrogen and oxygen atoms in total. The van der Waals surface area contributed by atoms with Crippen LogP contribution < -0.4 is 5.73 Å². The molecule has 112 valence electrons. The van der Waals surface area contributed by atoms with Crippen molar-refractivity contribution in [3.63, 3.8) is 0 Å². The zero-order valence-corrected chi connectivity index (χ0v) is 14.4. The van der Waals surface area contributed by atoms with Gasteiger partial charge in [0.05, 0.1) is 0 Å². The highest BCUT2D eigenvalue weighted by Gasteiger charge is 2.24. The molecule has 0 aromatic heterocycles. The van der Waals surface area contributed by atoms with Crippen molar-refractivity contribution in [3.8, 4) is 0 Å². The molecule has 0 spiro atoms. The second kappa shape index (κ2) is 5.65. The molecule has 0 saturated heterocycles. The number of hydrogen-bond donors (Lipinski definition) is 1. The van der Waals surface area contributed by atoms with Gasteiger partial charge < -0.3 is 5.73 Å². The van der Waals surface area contributed by atoms with Crippen molar-refractivity contribution >= 4 is 31.1 Å². The Hall–Kier alpha value is -2.00. The summed E-state index contributed by atoms with van der Waals surface area (Å²) in [4.78, 5) is 11.8. The predicted molar refractivity (Wildman–Crippen MR) is 96.2 cm³/mol. The topological polar surface area (TPSA) is 43.1 Å². The minimum Gasteiger partial charge on any atom is -0.366 e. The third-order valence-electron chi connectivity index (χ3n) is 4.55. The number of fused-ring (bicyclic) bond motifs is 1. The Morgan fingerprint density at radius 2 is 2.00 bits per heavy atom. The number of carbonyl (C=O) groups excluding carboxylic acids is 1. The number of nitrogens with two attached hydrogens (primary N) is 1. The molecule has 3 heteroatoms. The van der Waals surface area contributed by atoms with Crippen LogP contribution in [0.3, 0.4) is 0 Å². The van der Waals surface area contributed by atoms with E-state index in [4.69, 9.17) is 5.73 Å². The normalized spacial score (nSPS) is 16.7. The average Bonchev–Trinajstić information content (AvgIpc) is 2.94. The highest BCUT2D eigenvalue weighted by Crippen LogP contribution is 2.35. The van der Waals surface area contributed by atoms with Gasteiger partial charge in [-0.1, -0.05) is 54.7 Å². The maximum Gasteiger partial charge on any atom is 0.248 e. The fourth-order valence-corrected chi connectivity index (χ4v) is 4.77. The Kier molecular flexibility index (Phi) is 3.83. The largest absolute Gasteiger partial charge is 0.366 e. The summed E-state index contributed by atoms with van der Waals surface area (Å²) in [5, 5.41) is 1.49. The molecule has 2 aliphatic carbocycles. The van der Waals surface area contributed by atoms with Crippen LogP contribution in [0, 0.1) is 0 Å². The van der Waals surface area contributed by atoms with Gasteiger partial charge in [-0.25, -0.2) is 0 Å². The molecule has 3 rings (SSSR count). The molecule has 0 bridgehead atoms. The fourth-order valence-electron chi connectivity index (χ4n) is 3.43. The first-order valence-corrected chi connectivity index (χ1v) is 10.2. The molecule has 0 saturated carbocycles. The Labute approximate surface area is 133 Å². The Bertz CT molecular complexity index is 790. The summed E-state index contributed by atoms with van der Waals surface area (Å²) in [5.74, 6) is -0.321. The standard InChI is InChI=1S/C19H21NOSi/c1-12-14(19(20)21)10-11-17(22(2)3)18(12)16-9-5-7-13-6-4-8-15(13)16/h4-5,7-10H,6,11H2,1-3H3,(H2,20,21). The number of rotatable bonds is 2. The molecule has 0 radical (unpaired) electrons. The van der Waals surface area contributed by atoms with Crippen molar-refractivity contribution in [1.82, 2.24) is 0 Å². The lowest BCUT2D eigenvalue weighted by atomic mass is 9.84. The van der Waals surface area contributed by atoms with Crippen molar-refractivity contribution < 1.29 is 4.79 Å². The monoisotopic (exact) mass is 307 g/mol. The SMILES string of the molecule is CC1=C(c2cccc3c2C=CC3)C(=[Si](C)C)CC=C1C(N)=O. The number of primary amides is 1. The van der Waals surface area contributed by atoms with Gasteiger partial charge in [-0.15, -0.1) is 0 Å². The van der Waals surface area contributed by atoms with Gasteiger partial charge in [0.25, 0.3) is 0 Å². The van der Waals surface area contributed by atoms with Crippen molar-refractivity contribution in [3.05, 3.63) is 58.2 Å². The van der Waals surface area contributed by atoms with Crippen LogP contribution in [0.15, 0.2) is 41.5 Å². The zero-order chi connectivity index (χ0) is 15.9. The molecule has 1 amide bonds. The van der Waals surface area contributed by atoms with E-state index in [0.29, 0.717) is 5.57 Å². The molecule has 1 aromatic rings. The number of allylic oxidation sites excluding steroid dienone is 3. The summed E-state index contributed by atoms with van der Waals surface area (Å²) in [6, 6.07) is 6.49. The van der Waals surface area contributed by atoms with Crippen molar-refractivity contribution in [2.24, 2.45) is 5.73 Å². The first kappa shape index (κ1) is 14.9. The van der Waals surface area contributed by atoms with Gasteiger partial charge in [0.2, 0.25) is 5.91 Å². The number of carbonyl (C=O) groups is 1. The molecule has 2 N–H and O–H groups in total. The first-order valence-electron chi connectivity index (χ1n) is 7.67. The van der Waals surface area contributed by atoms with Gasteiger partial charge >= 0.3 is 0 Å². The van der Waals surface area contributed by atoms with Crippen LogP contribution in [0.2, 0.25) is 13.1 Å². The lowest BCUT2D eigenvalue weighted by Crippen LogP contribution is -2.23. The van der Waals surface area contributed by atoms with Gasteiger partial charge in [-0.2, -0.15) is 0 Å². The van der Waals surface area contributed by atoms with E-state index in [1.165, 1.54) is 27.4 Å². The molecule has 0 atom stereocenters. The van der Waals surface area contributed by atoms with Gasteiger partial charge in [0, 0.05) is 14.0 Å². The summed E-state index contributed by atoms with van der Waals surface area (Å²) >= 11 is 0. The van der Waals surface area contributed by atoms with Gasteiger partial charge in [-0.3, -0.25) is 4.79 Å². The van der Waals surface area contributed by atoms with E-state index in [2.05, 4.69) is 43.4 Å². The summed E-state index contributed by atoms with van der Waals surface area (Å²) in [5.41, 5.74) is 12.5. The molecule has 0 aliphatic heterocycles. The zero-order valence-electron chi connectivity index (χ0n) is 13.4. The van der Waals surface area contributed by atoms with E-state index in [-0.39, 0.29) is 5.91 Å². The molecule has 0 unspecified atom stereocenters. The van der Waals surface area contributed by atoms with E-state index in [1.807, 2.05) is 13.0 Å². The van der Waals surface area contributed by atoms with Crippen LogP contribution in [-0.2, 0) is 11.2 Å². The third kappa shape index (κ3) is 2.35. The summed E-state index contributed by atoms with van der Waals surface area (Å²) < 4.78 is 0. The van der Waals surface area contributed by atoms with Crippen LogP contribution in [0.1, 0.15) is 30.0 Å². The van der Waals surface area contributed by atoms with Gasteiger partial charge in [0.1, 0.15) is 0 Å². The Morgan fingerprint density at radius 1 is 1.23 bits per heavy atom. The maximum absolute atomic E-state index is 11.8. The maximum atomic E-state index is 11.8. The van der Waals surface area contributed by atoms with Crippen LogP contribution in [-0.4, -0.2) is 19.5 Å². The highest BCUT2D eigenvalue weighted by atomic mass is 28.2. The number of hydrogen-bond acceptors (Lipinski definition) is 1. The third-order valence-corrected chi connectivity index (χ3v) is 6.21. The van der Waals surface area contributed by atoms with Crippen LogP contribution in [0.4, 0.5) is 0 Å². The Balaban J connectivity index is 2.29. The number of benzene rings is 1. The minimum absolute atomic E-state index is 0.321. The summed E-state index contributed by atoms with van der Waals surface area (Å²) in [7, 11) is -0.590. The van der Waals surface area contributed by atoms with Gasteiger partial charge in [-0.05, 0) is 47.6 Å². The number of amides is 1. The van der Waals surface area contributed by atoms with E-state index < -0.39 is 8.41 Å². The lowest BCUT2D eigenvalue weighted by molar-refractivity contribution is -0.114. The van der Waals surface area contributed by atoms with E-state index >= 15 is 0 Å². The van der Waals surface area contributed by atoms with E-state index in [9.17, 15) is 4.79 Å². The second-order valence-corrected chi connectivity index (χ2v) is 8.75. The second-order valence-electron chi connectivity index (χ2n) is 6.15. The predicted octanol–water partition coefficient (Wildman–Crippen LogP) is 3.35. The molecule has 22 heavy (non-hydrogen) atoms. The summed E-state index contributed by atoms with van der Waals surface area (Å²) in [6.07, 6.45) is 8.27. The summed E-state index contributed by atoms with van der Waals surface area (Å²) in [6.45, 7) is 6.67. The fraction of sp³-hybridized carbons (Fsp3) is 0.263. The van der Waals surface area contributed by atoms with E-state index in [1.54, 1.807) is 0 Å². The molecule has 1 aromatic carbocycles. The lowest BCUT2D eigenvalue weighted by Gasteiger charge is -2.24. The molecule has 0 fully saturated rings. The molecular weight excluding hydrogens is 286 g/mol. The van der Waals surface area contributed by atoms with Crippen LogP contribution in [0.5, 0.6) is 0 Å². The molecule has 2 aliphatic rings. The van der Waals surface area contributed by atoms with E-state index in [0.717, 1.165) is 18.4 Å². The van der Waals surface area contributed by atoms with Crippen molar-refractivity contribution in [1.29, 1.82) is 0 Å². The highest BCUT2D eigenvalue weighted by molar-refractivity contribution is 6.77. The smallest absolute Gasteiger partial charge is 0.248 e. The first-order chi connectivity index (χ1) is 10.5. The van der Waals surface area contributed by atoms with Crippen molar-refractivity contribution in [2.45, 2.75) is 32.9 Å². The Morgan fingerprint density at radius 3 is 2.68 bits per heavy atom.